The van der Waals surface area contributed by atoms with Crippen LogP contribution in [0, 0.1) is 0 Å². The number of H-pyrrole nitrogens is 1. The zero-order chi connectivity index (χ0) is 27.1. The van der Waals surface area contributed by atoms with Gasteiger partial charge >= 0.3 is 11.9 Å². The van der Waals surface area contributed by atoms with Gasteiger partial charge in [-0.15, -0.1) is 6.58 Å². The molecule has 2 fully saturated rings. The number of nitrogens with two attached hydrogens (primary N) is 1. The van der Waals surface area contributed by atoms with Crippen LogP contribution < -0.4 is 21.1 Å². The molecule has 2 saturated heterocycles. The summed E-state index contributed by atoms with van der Waals surface area (Å²) in [6, 6.07) is 1.49. The van der Waals surface area contributed by atoms with Crippen molar-refractivity contribution in [2.45, 2.75) is 58.0 Å². The normalized spacial score (nSPS) is 25.6. The lowest BCUT2D eigenvalue weighted by Gasteiger charge is -2.33. The molecule has 1 unspecified atom stereocenters. The van der Waals surface area contributed by atoms with Crippen LogP contribution >= 0.6 is 0 Å². The van der Waals surface area contributed by atoms with Gasteiger partial charge in [-0.1, -0.05) is 6.08 Å². The van der Waals surface area contributed by atoms with Crippen molar-refractivity contribution in [3.63, 3.8) is 0 Å². The molecule has 1 aromatic rings. The van der Waals surface area contributed by atoms with Gasteiger partial charge in [0.05, 0.1) is 25.5 Å². The number of esters is 2. The highest BCUT2D eigenvalue weighted by atomic mass is 16.8. The Balaban J connectivity index is 2.01. The molecular formula is C24H32N4O9. The first-order valence-corrected chi connectivity index (χ1v) is 12.0. The fraction of sp³-hybridized carbons (Fsp3) is 0.542. The minimum Gasteiger partial charge on any atom is -0.462 e. The predicted octanol–water partition coefficient (Wildman–Crippen LogP) is 0.345. The van der Waals surface area contributed by atoms with E-state index < -0.39 is 53.4 Å². The molecule has 0 aliphatic carbocycles. The first-order valence-electron chi connectivity index (χ1n) is 12.0. The van der Waals surface area contributed by atoms with Gasteiger partial charge in [0.1, 0.15) is 35.6 Å². The van der Waals surface area contributed by atoms with Crippen LogP contribution in [0.25, 0.3) is 0 Å². The number of anilines is 3. The molecule has 37 heavy (non-hydrogen) atoms. The van der Waals surface area contributed by atoms with E-state index in [1.54, 1.807) is 27.7 Å². The molecule has 4 N–H and O–H groups in total. The predicted molar refractivity (Wildman–Crippen MR) is 131 cm³/mol. The molecule has 0 amide bonds. The molecule has 4 heterocycles. The first-order chi connectivity index (χ1) is 17.6. The molecule has 202 valence electrons. The van der Waals surface area contributed by atoms with E-state index in [4.69, 9.17) is 29.4 Å². The highest BCUT2D eigenvalue weighted by Gasteiger charge is 2.59. The summed E-state index contributed by atoms with van der Waals surface area (Å²) in [7, 11) is 0. The lowest BCUT2D eigenvalue weighted by molar-refractivity contribution is -0.189. The Morgan fingerprint density at radius 3 is 2.41 bits per heavy atom. The van der Waals surface area contributed by atoms with E-state index in [2.05, 4.69) is 11.6 Å². The number of carbonyl (C=O) groups excluding carboxylic acids is 2. The maximum atomic E-state index is 13.2. The Morgan fingerprint density at radius 1 is 1.22 bits per heavy atom. The summed E-state index contributed by atoms with van der Waals surface area (Å²) in [5.74, 6) is -2.90. The van der Waals surface area contributed by atoms with E-state index in [0.717, 1.165) is 0 Å². The molecule has 4 atom stereocenters. The van der Waals surface area contributed by atoms with Gasteiger partial charge in [-0.2, -0.15) is 0 Å². The van der Waals surface area contributed by atoms with Crippen LogP contribution in [0.1, 0.15) is 27.7 Å². The van der Waals surface area contributed by atoms with Gasteiger partial charge in [0, 0.05) is 12.6 Å². The molecule has 3 aliphatic rings. The van der Waals surface area contributed by atoms with Crippen molar-refractivity contribution in [3.05, 3.63) is 40.5 Å². The van der Waals surface area contributed by atoms with Gasteiger partial charge in [0.15, 0.2) is 17.6 Å². The number of nitrogen functional groups attached to an aromatic ring is 1. The zero-order valence-corrected chi connectivity index (χ0v) is 21.2. The second-order valence-corrected chi connectivity index (χ2v) is 9.01. The Bertz CT molecular complexity index is 1160. The molecule has 4 rings (SSSR count). The summed E-state index contributed by atoms with van der Waals surface area (Å²) in [6.45, 7) is 10.0. The average molecular weight is 521 g/mol. The smallest absolute Gasteiger partial charge is 0.349 e. The van der Waals surface area contributed by atoms with Crippen LogP contribution in [-0.4, -0.2) is 78.7 Å². The number of hydrogen-bond acceptors (Lipinski definition) is 12. The fourth-order valence-electron chi connectivity index (χ4n) is 4.86. The number of aliphatic hydroxyl groups excluding tert-OH is 1. The molecule has 0 spiro atoms. The molecule has 13 heteroatoms. The number of rotatable bonds is 8. The third kappa shape index (κ3) is 4.59. The number of carbonyl (C=O) groups is 2. The summed E-state index contributed by atoms with van der Waals surface area (Å²) in [6.07, 6.45) is -1.76. The number of aliphatic hydroxyl groups is 1. The van der Waals surface area contributed by atoms with Crippen molar-refractivity contribution >= 4 is 29.1 Å². The van der Waals surface area contributed by atoms with Crippen LogP contribution in [0.5, 0.6) is 0 Å². The summed E-state index contributed by atoms with van der Waals surface area (Å²) in [4.78, 5) is 45.0. The molecule has 13 nitrogen and oxygen atoms in total. The van der Waals surface area contributed by atoms with Crippen LogP contribution in [0.15, 0.2) is 34.9 Å². The van der Waals surface area contributed by atoms with Crippen LogP contribution in [0.3, 0.4) is 0 Å². The SMILES string of the molecule is C=CCN1C(=C(C(=O)OCC)C(=O)OCC)N([C@H]2OC(CO)[C@H]3OC(C)(C)O[C@H]32)c2cc(N)[nH]c(=O)c21. The van der Waals surface area contributed by atoms with Crippen molar-refractivity contribution in [3.8, 4) is 0 Å². The quantitative estimate of drug-likeness (QED) is 0.142. The van der Waals surface area contributed by atoms with Crippen molar-refractivity contribution < 1.29 is 38.4 Å². The number of hydrogen-bond donors (Lipinski definition) is 3. The van der Waals surface area contributed by atoms with Crippen LogP contribution in [0.2, 0.25) is 0 Å². The molecule has 1 aromatic heterocycles. The summed E-state index contributed by atoms with van der Waals surface area (Å²) in [5.41, 5.74) is 5.32. The summed E-state index contributed by atoms with van der Waals surface area (Å²) in [5, 5.41) is 10.0. The van der Waals surface area contributed by atoms with Gasteiger partial charge in [-0.05, 0) is 27.7 Å². The number of nitrogens with zero attached hydrogens (tertiary/aromatic N) is 2. The second-order valence-electron chi connectivity index (χ2n) is 9.01. The van der Waals surface area contributed by atoms with Crippen molar-refractivity contribution in [1.82, 2.24) is 4.98 Å². The Labute approximate surface area is 213 Å². The summed E-state index contributed by atoms with van der Waals surface area (Å²) >= 11 is 0. The van der Waals surface area contributed by atoms with Gasteiger partial charge in [0.2, 0.25) is 0 Å². The molecule has 3 aliphatic heterocycles. The lowest BCUT2D eigenvalue weighted by atomic mass is 10.1. The minimum absolute atomic E-state index is 0.0146. The van der Waals surface area contributed by atoms with Crippen molar-refractivity contribution in [1.29, 1.82) is 0 Å². The van der Waals surface area contributed by atoms with E-state index in [1.165, 1.54) is 21.9 Å². The third-order valence-electron chi connectivity index (χ3n) is 6.08. The molecule has 0 saturated carbocycles. The maximum Gasteiger partial charge on any atom is 0.349 e. The second kappa shape index (κ2) is 10.2. The van der Waals surface area contributed by atoms with Crippen molar-refractivity contribution in [2.24, 2.45) is 0 Å². The Morgan fingerprint density at radius 2 is 1.84 bits per heavy atom. The van der Waals surface area contributed by atoms with Crippen LogP contribution in [0.4, 0.5) is 17.2 Å². The van der Waals surface area contributed by atoms with Gasteiger partial charge in [-0.3, -0.25) is 9.69 Å². The molecule has 0 aromatic carbocycles. The van der Waals surface area contributed by atoms with Crippen molar-refractivity contribution in [2.75, 3.05) is 41.9 Å². The van der Waals surface area contributed by atoms with Gasteiger partial charge in [0.25, 0.3) is 5.56 Å². The van der Waals surface area contributed by atoms with Gasteiger partial charge in [-0.25, -0.2) is 9.59 Å². The largest absolute Gasteiger partial charge is 0.462 e. The highest BCUT2D eigenvalue weighted by molar-refractivity contribution is 6.16. The number of fused-ring (bicyclic) bond motifs is 2. The number of aromatic nitrogens is 1. The molecular weight excluding hydrogens is 488 g/mol. The fourth-order valence-corrected chi connectivity index (χ4v) is 4.86. The van der Waals surface area contributed by atoms with E-state index in [9.17, 15) is 19.5 Å². The van der Waals surface area contributed by atoms with E-state index in [1.807, 2.05) is 0 Å². The van der Waals surface area contributed by atoms with E-state index >= 15 is 0 Å². The standard InChI is InChI=1S/C24H32N4O9/c1-6-9-27-16-12(10-14(25)26-19(16)30)28(20(27)15(22(31)33-7-2)23(32)34-8-3)21-18-17(13(11-29)35-21)36-24(4,5)37-18/h6,10,13,17-18,21,29H,1,7-9,11H2,2-5H3,(H3,25,26,30)/t13?,17-,18-,21+/m1/s1. The number of ether oxygens (including phenoxy) is 5. The minimum atomic E-state index is -1.03. The van der Waals surface area contributed by atoms with E-state index in [-0.39, 0.29) is 49.4 Å². The summed E-state index contributed by atoms with van der Waals surface area (Å²) < 4.78 is 28.7. The zero-order valence-electron chi connectivity index (χ0n) is 21.2. The average Bonchev–Trinajstić information content (AvgIpc) is 3.41. The van der Waals surface area contributed by atoms with Gasteiger partial charge < -0.3 is 44.4 Å². The third-order valence-corrected chi connectivity index (χ3v) is 6.08. The Hall–Kier alpha value is -3.39. The van der Waals surface area contributed by atoms with Crippen LogP contribution in [-0.2, 0) is 33.3 Å². The highest BCUT2D eigenvalue weighted by Crippen LogP contribution is 2.48. The number of nitrogens with one attached hydrogen (secondary N) is 1. The first kappa shape index (κ1) is 26.7. The number of pyridine rings is 1. The maximum absolute atomic E-state index is 13.2. The lowest BCUT2D eigenvalue weighted by Crippen LogP contribution is -2.46. The Kier molecular flexibility index (Phi) is 7.33. The number of aromatic amines is 1. The topological polar surface area (TPSA) is 166 Å². The molecule has 0 bridgehead atoms. The monoisotopic (exact) mass is 520 g/mol. The molecule has 0 radical (unpaired) electrons. The van der Waals surface area contributed by atoms with E-state index in [0.29, 0.717) is 0 Å².